The normalized spacial score (nSPS) is 16.1. The molecule has 0 saturated heterocycles. The molecule has 0 bridgehead atoms. The average molecular weight is 284 g/mol. The van der Waals surface area contributed by atoms with Crippen molar-refractivity contribution in [3.63, 3.8) is 0 Å². The highest BCUT2D eigenvalue weighted by Crippen LogP contribution is 2.36. The molecule has 1 nitrogen and oxygen atoms in total. The third-order valence-electron chi connectivity index (χ3n) is 4.68. The lowest BCUT2D eigenvalue weighted by atomic mass is 9.75. The smallest absolute Gasteiger partial charge is 0.106 e. The fourth-order valence-corrected chi connectivity index (χ4v) is 3.37. The summed E-state index contributed by atoms with van der Waals surface area (Å²) in [4.78, 5) is 0. The summed E-state index contributed by atoms with van der Waals surface area (Å²) in [6.45, 7) is 8.87. The summed E-state index contributed by atoms with van der Waals surface area (Å²) >= 11 is 0. The van der Waals surface area contributed by atoms with Crippen molar-refractivity contribution in [2.45, 2.75) is 117 Å². The molecule has 0 aromatic rings. The maximum atomic E-state index is 13.3. The highest BCUT2D eigenvalue weighted by molar-refractivity contribution is 4.86. The third kappa shape index (κ3) is 8.29. The molecule has 0 spiro atoms. The predicted octanol–water partition coefficient (Wildman–Crippen LogP) is 6.92. The van der Waals surface area contributed by atoms with Crippen molar-refractivity contribution in [1.29, 1.82) is 0 Å². The molecule has 0 heterocycles. The Bertz CT molecular complexity index is 202. The van der Waals surface area contributed by atoms with Crippen LogP contribution in [-0.4, -0.2) is 5.60 Å². The van der Waals surface area contributed by atoms with Crippen LogP contribution in [0.25, 0.3) is 0 Å². The van der Waals surface area contributed by atoms with Crippen LogP contribution < -0.4 is 0 Å². The maximum absolute atomic E-state index is 13.3. The summed E-state index contributed by atoms with van der Waals surface area (Å²) < 4.78 is 0. The van der Waals surface area contributed by atoms with Crippen LogP contribution in [-0.2, 0) is 5.11 Å². The van der Waals surface area contributed by atoms with Crippen LogP contribution in [0.1, 0.15) is 111 Å². The van der Waals surface area contributed by atoms with Gasteiger partial charge >= 0.3 is 0 Å². The van der Waals surface area contributed by atoms with E-state index in [-0.39, 0.29) is 0 Å². The van der Waals surface area contributed by atoms with Crippen molar-refractivity contribution in [1.82, 2.24) is 0 Å². The van der Waals surface area contributed by atoms with E-state index >= 15 is 0 Å². The molecular formula is C19H39O. The highest BCUT2D eigenvalue weighted by Gasteiger charge is 2.36. The molecule has 0 aliphatic heterocycles. The van der Waals surface area contributed by atoms with Crippen LogP contribution in [0, 0.1) is 5.92 Å². The van der Waals surface area contributed by atoms with Crippen molar-refractivity contribution in [3.8, 4) is 0 Å². The summed E-state index contributed by atoms with van der Waals surface area (Å²) in [7, 11) is 0. The lowest BCUT2D eigenvalue weighted by Crippen LogP contribution is -2.36. The Balaban J connectivity index is 4.53. The van der Waals surface area contributed by atoms with Crippen LogP contribution in [0.15, 0.2) is 0 Å². The van der Waals surface area contributed by atoms with E-state index in [4.69, 9.17) is 0 Å². The summed E-state index contributed by atoms with van der Waals surface area (Å²) in [5.74, 6) is 0.422. The van der Waals surface area contributed by atoms with Crippen LogP contribution >= 0.6 is 0 Å². The van der Waals surface area contributed by atoms with Crippen LogP contribution in [0.3, 0.4) is 0 Å². The van der Waals surface area contributed by atoms with E-state index in [1.54, 1.807) is 0 Å². The van der Waals surface area contributed by atoms with Gasteiger partial charge in [0.25, 0.3) is 0 Å². The minimum atomic E-state index is -0.633. The minimum absolute atomic E-state index is 0.422. The Kier molecular flexibility index (Phi) is 12.7. The molecule has 0 aliphatic carbocycles. The Morgan fingerprint density at radius 1 is 0.650 bits per heavy atom. The third-order valence-corrected chi connectivity index (χ3v) is 4.68. The number of rotatable bonds is 14. The molecule has 0 aromatic carbocycles. The number of hydrogen-bond donors (Lipinski definition) is 0. The second-order valence-electron chi connectivity index (χ2n) is 6.61. The van der Waals surface area contributed by atoms with Gasteiger partial charge in [-0.15, -0.1) is 0 Å². The van der Waals surface area contributed by atoms with E-state index in [0.717, 1.165) is 38.5 Å². The molecular weight excluding hydrogens is 244 g/mol. The van der Waals surface area contributed by atoms with Gasteiger partial charge < -0.3 is 0 Å². The predicted molar refractivity (Wildman–Crippen MR) is 89.6 cm³/mol. The van der Waals surface area contributed by atoms with Crippen molar-refractivity contribution >= 4 is 0 Å². The first-order valence-corrected chi connectivity index (χ1v) is 9.34. The molecule has 0 amide bonds. The Hall–Kier alpha value is -0.0400. The fourth-order valence-electron chi connectivity index (χ4n) is 3.37. The zero-order valence-electron chi connectivity index (χ0n) is 14.7. The topological polar surface area (TPSA) is 19.9 Å². The zero-order chi connectivity index (χ0) is 15.3. The van der Waals surface area contributed by atoms with Gasteiger partial charge in [0.1, 0.15) is 5.60 Å². The first-order chi connectivity index (χ1) is 9.64. The molecule has 2 unspecified atom stereocenters. The lowest BCUT2D eigenvalue weighted by Gasteiger charge is -2.34. The van der Waals surface area contributed by atoms with Gasteiger partial charge in [0.15, 0.2) is 0 Å². The van der Waals surface area contributed by atoms with Gasteiger partial charge in [-0.25, -0.2) is 5.11 Å². The molecule has 0 rings (SSSR count). The summed E-state index contributed by atoms with van der Waals surface area (Å²) in [5.41, 5.74) is -0.633. The standard InChI is InChI=1S/C19H39O/c1-5-9-12-13-15-18(14-10-6-2)19(20,16-8-4)17-11-7-3/h18H,5-17H2,1-4H3. The van der Waals surface area contributed by atoms with Crippen LogP contribution in [0.5, 0.6) is 0 Å². The first-order valence-electron chi connectivity index (χ1n) is 9.34. The zero-order valence-corrected chi connectivity index (χ0v) is 14.7. The summed E-state index contributed by atoms with van der Waals surface area (Å²) in [6.07, 6.45) is 15.1. The van der Waals surface area contributed by atoms with E-state index < -0.39 is 5.60 Å². The Morgan fingerprint density at radius 2 is 1.25 bits per heavy atom. The van der Waals surface area contributed by atoms with Crippen molar-refractivity contribution in [2.75, 3.05) is 0 Å². The minimum Gasteiger partial charge on any atom is -0.229 e. The lowest BCUT2D eigenvalue weighted by molar-refractivity contribution is -0.0985. The molecule has 1 radical (unpaired) electrons. The second-order valence-corrected chi connectivity index (χ2v) is 6.61. The summed E-state index contributed by atoms with van der Waals surface area (Å²) in [5, 5.41) is 13.3. The van der Waals surface area contributed by atoms with Crippen LogP contribution in [0.4, 0.5) is 0 Å². The van der Waals surface area contributed by atoms with Gasteiger partial charge in [-0.2, -0.15) is 0 Å². The van der Waals surface area contributed by atoms with E-state index in [2.05, 4.69) is 27.7 Å². The van der Waals surface area contributed by atoms with Gasteiger partial charge in [-0.3, -0.25) is 0 Å². The van der Waals surface area contributed by atoms with Gasteiger partial charge in [0.2, 0.25) is 0 Å². The van der Waals surface area contributed by atoms with E-state index in [1.807, 2.05) is 0 Å². The van der Waals surface area contributed by atoms with Gasteiger partial charge in [0, 0.05) is 0 Å². The van der Waals surface area contributed by atoms with Crippen molar-refractivity contribution < 1.29 is 5.11 Å². The second kappa shape index (κ2) is 12.7. The Labute approximate surface area is 128 Å². The van der Waals surface area contributed by atoms with E-state index in [1.165, 1.54) is 44.9 Å². The molecule has 0 N–H and O–H groups in total. The van der Waals surface area contributed by atoms with Crippen molar-refractivity contribution in [3.05, 3.63) is 0 Å². The van der Waals surface area contributed by atoms with Gasteiger partial charge in [-0.05, 0) is 31.6 Å². The molecule has 2 atom stereocenters. The quantitative estimate of drug-likeness (QED) is 0.308. The maximum Gasteiger partial charge on any atom is 0.106 e. The van der Waals surface area contributed by atoms with Crippen molar-refractivity contribution in [2.24, 2.45) is 5.92 Å². The van der Waals surface area contributed by atoms with E-state index in [0.29, 0.717) is 5.92 Å². The monoisotopic (exact) mass is 283 g/mol. The van der Waals surface area contributed by atoms with Gasteiger partial charge in [0.05, 0.1) is 0 Å². The molecule has 121 valence electrons. The summed E-state index contributed by atoms with van der Waals surface area (Å²) in [6, 6.07) is 0. The SMILES string of the molecule is CCCCCCC(CCCC)C([O])(CCC)CCCC. The number of unbranched alkanes of at least 4 members (excludes halogenated alkanes) is 5. The fraction of sp³-hybridized carbons (Fsp3) is 1.00. The molecule has 0 aliphatic rings. The van der Waals surface area contributed by atoms with Crippen LogP contribution in [0.2, 0.25) is 0 Å². The van der Waals surface area contributed by atoms with Gasteiger partial charge in [-0.1, -0.05) is 85.5 Å². The molecule has 0 aromatic heterocycles. The average Bonchev–Trinajstić information content (AvgIpc) is 2.44. The molecule has 0 saturated carbocycles. The Morgan fingerprint density at radius 3 is 1.80 bits per heavy atom. The molecule has 1 heteroatoms. The largest absolute Gasteiger partial charge is 0.229 e. The van der Waals surface area contributed by atoms with E-state index in [9.17, 15) is 5.11 Å². The molecule has 20 heavy (non-hydrogen) atoms. The highest BCUT2D eigenvalue weighted by atomic mass is 16.3. The number of hydrogen-bond acceptors (Lipinski definition) is 0. The first kappa shape index (κ1) is 20.0. The molecule has 0 fully saturated rings.